The van der Waals surface area contributed by atoms with E-state index < -0.39 is 9.84 Å². The first-order valence-electron chi connectivity index (χ1n) is 7.86. The van der Waals surface area contributed by atoms with Gasteiger partial charge in [-0.05, 0) is 30.7 Å². The highest BCUT2D eigenvalue weighted by molar-refractivity contribution is 7.91. The number of hydrogen-bond donors (Lipinski definition) is 0. The number of para-hydroxylation sites is 1. The van der Waals surface area contributed by atoms with Crippen molar-refractivity contribution < 1.29 is 17.6 Å². The van der Waals surface area contributed by atoms with Crippen molar-refractivity contribution in [3.8, 4) is 10.8 Å². The zero-order valence-electron chi connectivity index (χ0n) is 13.5. The van der Waals surface area contributed by atoms with Crippen LogP contribution in [0.2, 0.25) is 0 Å². The summed E-state index contributed by atoms with van der Waals surface area (Å²) in [6.45, 7) is 0. The largest absolute Gasteiger partial charge is 0.448 e. The molecular formula is C17H16N2O4S2. The molecule has 8 heteroatoms. The van der Waals surface area contributed by atoms with Crippen molar-refractivity contribution in [3.05, 3.63) is 42.2 Å². The molecular weight excluding hydrogens is 360 g/mol. The molecule has 0 bridgehead atoms. The third-order valence-corrected chi connectivity index (χ3v) is 7.20. The molecule has 0 saturated carbocycles. The first kappa shape index (κ1) is 16.3. The molecule has 2 aromatic heterocycles. The number of rotatable bonds is 3. The van der Waals surface area contributed by atoms with Crippen LogP contribution in [0.4, 0.5) is 0 Å². The fourth-order valence-corrected chi connectivity index (χ4v) is 5.67. The van der Waals surface area contributed by atoms with Crippen LogP contribution in [-0.4, -0.2) is 48.8 Å². The van der Waals surface area contributed by atoms with E-state index in [9.17, 15) is 13.2 Å². The number of furan rings is 1. The average molecular weight is 376 g/mol. The van der Waals surface area contributed by atoms with Gasteiger partial charge in [-0.25, -0.2) is 13.4 Å². The van der Waals surface area contributed by atoms with Gasteiger partial charge in [0.1, 0.15) is 0 Å². The summed E-state index contributed by atoms with van der Waals surface area (Å²) in [5.41, 5.74) is 0.889. The van der Waals surface area contributed by atoms with E-state index in [1.54, 1.807) is 19.2 Å². The maximum atomic E-state index is 12.6. The maximum Gasteiger partial charge on any atom is 0.289 e. The van der Waals surface area contributed by atoms with Crippen molar-refractivity contribution >= 4 is 37.3 Å². The SMILES string of the molecule is CN(C(=O)c1ccc(-c2nc3ccccc3s2)o1)[C@@H]1CCS(=O)(=O)C1. The van der Waals surface area contributed by atoms with Gasteiger partial charge in [-0.2, -0.15) is 0 Å². The molecule has 6 nitrogen and oxygen atoms in total. The molecule has 1 aliphatic heterocycles. The fourth-order valence-electron chi connectivity index (χ4n) is 2.97. The van der Waals surface area contributed by atoms with Crippen molar-refractivity contribution in [1.82, 2.24) is 9.88 Å². The summed E-state index contributed by atoms with van der Waals surface area (Å²) in [6, 6.07) is 10.8. The average Bonchev–Trinajstić information content (AvgIpc) is 3.30. The summed E-state index contributed by atoms with van der Waals surface area (Å²) in [5, 5.41) is 0.714. The molecule has 130 valence electrons. The van der Waals surface area contributed by atoms with E-state index in [1.807, 2.05) is 24.3 Å². The lowest BCUT2D eigenvalue weighted by Gasteiger charge is -2.22. The van der Waals surface area contributed by atoms with Crippen molar-refractivity contribution in [3.63, 3.8) is 0 Å². The minimum atomic E-state index is -3.04. The Hall–Kier alpha value is -2.19. The third kappa shape index (κ3) is 3.07. The number of amides is 1. The molecule has 0 spiro atoms. The first-order chi connectivity index (χ1) is 11.9. The molecule has 1 aliphatic rings. The molecule has 1 fully saturated rings. The highest BCUT2D eigenvalue weighted by Crippen LogP contribution is 2.31. The van der Waals surface area contributed by atoms with Gasteiger partial charge in [0.15, 0.2) is 26.4 Å². The van der Waals surface area contributed by atoms with Gasteiger partial charge in [-0.15, -0.1) is 11.3 Å². The van der Waals surface area contributed by atoms with Crippen LogP contribution in [0.1, 0.15) is 17.0 Å². The van der Waals surface area contributed by atoms with E-state index in [4.69, 9.17) is 4.42 Å². The maximum absolute atomic E-state index is 12.6. The number of carbonyl (C=O) groups is 1. The molecule has 3 aromatic rings. The summed E-state index contributed by atoms with van der Waals surface area (Å²) >= 11 is 1.50. The minimum Gasteiger partial charge on any atom is -0.448 e. The van der Waals surface area contributed by atoms with Crippen LogP contribution < -0.4 is 0 Å². The monoisotopic (exact) mass is 376 g/mol. The Balaban J connectivity index is 1.57. The summed E-state index contributed by atoms with van der Waals surface area (Å²) in [5.74, 6) is 0.568. The Labute approximate surface area is 149 Å². The number of sulfone groups is 1. The lowest BCUT2D eigenvalue weighted by molar-refractivity contribution is 0.0716. The molecule has 1 saturated heterocycles. The van der Waals surface area contributed by atoms with Gasteiger partial charge < -0.3 is 9.32 Å². The Morgan fingerprint density at radius 3 is 2.80 bits per heavy atom. The van der Waals surface area contributed by atoms with E-state index in [0.717, 1.165) is 10.2 Å². The molecule has 1 amide bonds. The van der Waals surface area contributed by atoms with E-state index in [-0.39, 0.29) is 29.2 Å². The molecule has 0 aliphatic carbocycles. The number of aromatic nitrogens is 1. The Morgan fingerprint density at radius 1 is 1.28 bits per heavy atom. The lowest BCUT2D eigenvalue weighted by atomic mass is 10.2. The van der Waals surface area contributed by atoms with Gasteiger partial charge in [0, 0.05) is 13.1 Å². The molecule has 4 rings (SSSR count). The predicted molar refractivity (Wildman–Crippen MR) is 96.5 cm³/mol. The second kappa shape index (κ2) is 5.96. The number of fused-ring (bicyclic) bond motifs is 1. The lowest BCUT2D eigenvalue weighted by Crippen LogP contribution is -2.37. The number of carbonyl (C=O) groups excluding carboxylic acids is 1. The van der Waals surface area contributed by atoms with E-state index in [1.165, 1.54) is 16.2 Å². The number of thiazole rings is 1. The molecule has 1 aromatic carbocycles. The zero-order valence-corrected chi connectivity index (χ0v) is 15.1. The highest BCUT2D eigenvalue weighted by Gasteiger charge is 2.34. The van der Waals surface area contributed by atoms with Gasteiger partial charge in [-0.3, -0.25) is 4.79 Å². The highest BCUT2D eigenvalue weighted by atomic mass is 32.2. The summed E-state index contributed by atoms with van der Waals surface area (Å²) in [4.78, 5) is 18.6. The third-order valence-electron chi connectivity index (χ3n) is 4.40. The number of nitrogens with zero attached hydrogens (tertiary/aromatic N) is 2. The van der Waals surface area contributed by atoms with Crippen molar-refractivity contribution in [2.45, 2.75) is 12.5 Å². The van der Waals surface area contributed by atoms with Crippen molar-refractivity contribution in [2.24, 2.45) is 0 Å². The molecule has 0 radical (unpaired) electrons. The van der Waals surface area contributed by atoms with Crippen LogP contribution in [-0.2, 0) is 9.84 Å². The van der Waals surface area contributed by atoms with Crippen LogP contribution in [0.3, 0.4) is 0 Å². The number of benzene rings is 1. The van der Waals surface area contributed by atoms with Crippen LogP contribution in [0.15, 0.2) is 40.8 Å². The van der Waals surface area contributed by atoms with E-state index >= 15 is 0 Å². The molecule has 0 unspecified atom stereocenters. The Kier molecular flexibility index (Phi) is 3.88. The summed E-state index contributed by atoms with van der Waals surface area (Å²) in [6.07, 6.45) is 0.468. The van der Waals surface area contributed by atoms with Gasteiger partial charge in [0.05, 0.1) is 21.7 Å². The smallest absolute Gasteiger partial charge is 0.289 e. The van der Waals surface area contributed by atoms with E-state index in [2.05, 4.69) is 4.98 Å². The summed E-state index contributed by atoms with van der Waals surface area (Å²) < 4.78 is 30.0. The second-order valence-corrected chi connectivity index (χ2v) is 9.38. The normalized spacial score (nSPS) is 19.3. The van der Waals surface area contributed by atoms with Gasteiger partial charge >= 0.3 is 0 Å². The second-order valence-electron chi connectivity index (χ2n) is 6.12. The molecule has 0 N–H and O–H groups in total. The molecule has 25 heavy (non-hydrogen) atoms. The fraction of sp³-hybridized carbons (Fsp3) is 0.294. The predicted octanol–water partition coefficient (Wildman–Crippen LogP) is 2.82. The van der Waals surface area contributed by atoms with Crippen molar-refractivity contribution in [2.75, 3.05) is 18.6 Å². The van der Waals surface area contributed by atoms with Crippen LogP contribution in [0, 0.1) is 0 Å². The Morgan fingerprint density at radius 2 is 2.08 bits per heavy atom. The summed E-state index contributed by atoms with van der Waals surface area (Å²) in [7, 11) is -1.42. The molecule has 3 heterocycles. The van der Waals surface area contributed by atoms with Crippen LogP contribution in [0.5, 0.6) is 0 Å². The van der Waals surface area contributed by atoms with Gasteiger partial charge in [0.2, 0.25) is 0 Å². The molecule has 1 atom stereocenters. The van der Waals surface area contributed by atoms with Crippen LogP contribution >= 0.6 is 11.3 Å². The van der Waals surface area contributed by atoms with Crippen LogP contribution in [0.25, 0.3) is 21.0 Å². The standard InChI is InChI=1S/C17H16N2O4S2/c1-19(11-8-9-25(21,22)10-11)17(20)14-7-6-13(23-14)16-18-12-4-2-3-5-15(12)24-16/h2-7,11H,8-10H2,1H3/t11-/m1/s1. The van der Waals surface area contributed by atoms with Gasteiger partial charge in [-0.1, -0.05) is 12.1 Å². The van der Waals surface area contributed by atoms with Gasteiger partial charge in [0.25, 0.3) is 5.91 Å². The van der Waals surface area contributed by atoms with Crippen molar-refractivity contribution in [1.29, 1.82) is 0 Å². The number of hydrogen-bond acceptors (Lipinski definition) is 6. The Bertz CT molecular complexity index is 1020. The quantitative estimate of drug-likeness (QED) is 0.702. The minimum absolute atomic E-state index is 0.0146. The topological polar surface area (TPSA) is 80.5 Å². The zero-order chi connectivity index (χ0) is 17.6. The van der Waals surface area contributed by atoms with E-state index in [0.29, 0.717) is 17.2 Å². The first-order valence-corrected chi connectivity index (χ1v) is 10.5.